The van der Waals surface area contributed by atoms with Crippen molar-refractivity contribution in [2.24, 2.45) is 0 Å². The molecule has 27 heavy (non-hydrogen) atoms. The van der Waals surface area contributed by atoms with Gasteiger partial charge in [-0.1, -0.05) is 29.8 Å². The number of halogens is 2. The molecule has 0 spiro atoms. The Morgan fingerprint density at radius 2 is 2.00 bits per heavy atom. The van der Waals surface area contributed by atoms with Crippen LogP contribution in [-0.4, -0.2) is 21.7 Å². The van der Waals surface area contributed by atoms with Gasteiger partial charge in [0.05, 0.1) is 11.0 Å². The molecule has 138 valence electrons. The molecule has 0 fully saturated rings. The van der Waals surface area contributed by atoms with Crippen molar-refractivity contribution in [1.29, 1.82) is 0 Å². The van der Waals surface area contributed by atoms with E-state index in [1.807, 2.05) is 48.7 Å². The first-order valence-electron chi connectivity index (χ1n) is 8.02. The minimum Gasteiger partial charge on any atom is -0.454 e. The van der Waals surface area contributed by atoms with Gasteiger partial charge in [-0.15, -0.1) is 0 Å². The summed E-state index contributed by atoms with van der Waals surface area (Å²) in [6, 6.07) is 13.2. The number of ether oxygens (including phenoxy) is 2. The Kier molecular flexibility index (Phi) is 5.20. The molecule has 1 aliphatic heterocycles. The molecule has 0 saturated heterocycles. The van der Waals surface area contributed by atoms with Crippen molar-refractivity contribution >= 4 is 56.4 Å². The zero-order chi connectivity index (χ0) is 18.8. The lowest BCUT2D eigenvalue weighted by molar-refractivity contribution is 0.174. The maximum Gasteiger partial charge on any atom is 0.231 e. The molecule has 6 nitrogen and oxygen atoms in total. The number of hydrogen-bond acceptors (Lipinski definition) is 4. The van der Waals surface area contributed by atoms with Crippen molar-refractivity contribution in [3.05, 3.63) is 63.7 Å². The first-order valence-corrected chi connectivity index (χ1v) is 9.60. The molecule has 2 N–H and O–H groups in total. The van der Waals surface area contributed by atoms with Gasteiger partial charge < -0.3 is 20.1 Å². The number of nitrogens with one attached hydrogen (secondary N) is 2. The molecule has 0 unspecified atom stereocenters. The van der Waals surface area contributed by atoms with Crippen LogP contribution in [0.3, 0.4) is 0 Å². The summed E-state index contributed by atoms with van der Waals surface area (Å²) in [5.74, 6) is 2.02. The van der Waals surface area contributed by atoms with Gasteiger partial charge in [-0.2, -0.15) is 5.10 Å². The van der Waals surface area contributed by atoms with E-state index in [0.717, 1.165) is 21.5 Å². The van der Waals surface area contributed by atoms with Gasteiger partial charge in [-0.25, -0.2) is 0 Å². The molecule has 0 saturated carbocycles. The van der Waals surface area contributed by atoms with Crippen LogP contribution in [0, 0.1) is 0 Å². The third-order valence-corrected chi connectivity index (χ3v) is 5.02. The minimum absolute atomic E-state index is 0.233. The lowest BCUT2D eigenvalue weighted by atomic mass is 10.2. The normalized spacial score (nSPS) is 12.1. The number of thiocarbonyl (C=S) groups is 1. The molecule has 1 aliphatic rings. The first-order chi connectivity index (χ1) is 13.1. The van der Waals surface area contributed by atoms with E-state index in [-0.39, 0.29) is 6.79 Å². The van der Waals surface area contributed by atoms with Crippen LogP contribution < -0.4 is 20.1 Å². The van der Waals surface area contributed by atoms with E-state index >= 15 is 0 Å². The van der Waals surface area contributed by atoms with E-state index in [2.05, 4.69) is 31.7 Å². The molecule has 0 radical (unpaired) electrons. The number of nitrogens with zero attached hydrogens (tertiary/aromatic N) is 2. The first kappa shape index (κ1) is 18.1. The zero-order valence-electron chi connectivity index (χ0n) is 13.9. The average molecular weight is 466 g/mol. The second-order valence-electron chi connectivity index (χ2n) is 5.76. The number of hydrogen-bond donors (Lipinski definition) is 2. The van der Waals surface area contributed by atoms with Crippen LogP contribution in [0.25, 0.3) is 0 Å². The van der Waals surface area contributed by atoms with Crippen LogP contribution in [0.2, 0.25) is 5.02 Å². The summed E-state index contributed by atoms with van der Waals surface area (Å²) >= 11 is 15.1. The third kappa shape index (κ3) is 4.18. The summed E-state index contributed by atoms with van der Waals surface area (Å²) in [6.07, 6.45) is 1.87. The van der Waals surface area contributed by atoms with E-state index in [1.165, 1.54) is 0 Å². The van der Waals surface area contributed by atoms with E-state index < -0.39 is 0 Å². The van der Waals surface area contributed by atoms with Gasteiger partial charge in [-0.3, -0.25) is 4.68 Å². The molecule has 0 atom stereocenters. The molecule has 1 aromatic heterocycles. The topological polar surface area (TPSA) is 60.3 Å². The molecule has 2 aromatic carbocycles. The summed E-state index contributed by atoms with van der Waals surface area (Å²) in [7, 11) is 0. The molecule has 3 aromatic rings. The van der Waals surface area contributed by atoms with Crippen molar-refractivity contribution in [3.63, 3.8) is 0 Å². The summed E-state index contributed by atoms with van der Waals surface area (Å²) in [5.41, 5.74) is 1.78. The Bertz CT molecular complexity index is 1010. The van der Waals surface area contributed by atoms with E-state index in [0.29, 0.717) is 28.2 Å². The number of aromatic nitrogens is 2. The van der Waals surface area contributed by atoms with Crippen LogP contribution in [0.15, 0.2) is 53.1 Å². The molecule has 9 heteroatoms. The number of fused-ring (bicyclic) bond motifs is 1. The van der Waals surface area contributed by atoms with E-state index in [1.54, 1.807) is 4.68 Å². The Hall–Kier alpha value is -2.29. The quantitative estimate of drug-likeness (QED) is 0.535. The van der Waals surface area contributed by atoms with Gasteiger partial charge >= 0.3 is 0 Å². The van der Waals surface area contributed by atoms with Gasteiger partial charge in [0.2, 0.25) is 6.79 Å². The summed E-state index contributed by atoms with van der Waals surface area (Å²) < 4.78 is 13.3. The molecule has 0 bridgehead atoms. The fraction of sp³-hybridized carbons (Fsp3) is 0.111. The highest BCUT2D eigenvalue weighted by Gasteiger charge is 2.14. The van der Waals surface area contributed by atoms with Crippen LogP contribution in [-0.2, 0) is 6.54 Å². The largest absolute Gasteiger partial charge is 0.454 e. The highest BCUT2D eigenvalue weighted by Crippen LogP contribution is 2.34. The molecular formula is C18H14BrClN4O2S. The summed E-state index contributed by atoms with van der Waals surface area (Å²) in [6.45, 7) is 0.791. The SMILES string of the molecule is S=C(Nc1ccc2c(c1)OCO2)Nc1nn(Cc2ccccc2Cl)cc1Br. The molecule has 0 amide bonds. The van der Waals surface area contributed by atoms with Gasteiger partial charge in [0.25, 0.3) is 0 Å². The fourth-order valence-corrected chi connectivity index (χ4v) is 3.43. The Morgan fingerprint density at radius 3 is 2.85 bits per heavy atom. The second-order valence-corrected chi connectivity index (χ2v) is 7.43. The summed E-state index contributed by atoms with van der Waals surface area (Å²) in [5, 5.41) is 11.8. The van der Waals surface area contributed by atoms with Crippen molar-refractivity contribution in [3.8, 4) is 11.5 Å². The number of rotatable bonds is 4. The highest BCUT2D eigenvalue weighted by atomic mass is 79.9. The molecular weight excluding hydrogens is 452 g/mol. The highest BCUT2D eigenvalue weighted by molar-refractivity contribution is 9.10. The zero-order valence-corrected chi connectivity index (χ0v) is 17.1. The maximum atomic E-state index is 6.22. The van der Waals surface area contributed by atoms with Gasteiger partial charge in [0.1, 0.15) is 0 Å². The second kappa shape index (κ2) is 7.75. The number of anilines is 2. The van der Waals surface area contributed by atoms with Crippen LogP contribution in [0.4, 0.5) is 11.5 Å². The van der Waals surface area contributed by atoms with E-state index in [9.17, 15) is 0 Å². The monoisotopic (exact) mass is 464 g/mol. The lowest BCUT2D eigenvalue weighted by Gasteiger charge is -2.09. The Labute approximate surface area is 174 Å². The molecule has 2 heterocycles. The Balaban J connectivity index is 1.42. The number of benzene rings is 2. The van der Waals surface area contributed by atoms with Crippen LogP contribution in [0.5, 0.6) is 11.5 Å². The maximum absolute atomic E-state index is 6.22. The van der Waals surface area contributed by atoms with Crippen molar-refractivity contribution in [2.75, 3.05) is 17.4 Å². The van der Waals surface area contributed by atoms with Crippen molar-refractivity contribution < 1.29 is 9.47 Å². The molecule has 4 rings (SSSR count). The van der Waals surface area contributed by atoms with Gasteiger partial charge in [0, 0.05) is 23.0 Å². The standard InChI is InChI=1S/C18H14BrClN4O2S/c19-13-9-24(8-11-3-1-2-4-14(11)20)23-17(13)22-18(27)21-12-5-6-15-16(7-12)26-10-25-15/h1-7,9H,8,10H2,(H2,21,22,23,27). The third-order valence-electron chi connectivity index (χ3n) is 3.87. The van der Waals surface area contributed by atoms with Gasteiger partial charge in [-0.05, 0) is 51.9 Å². The van der Waals surface area contributed by atoms with Crippen LogP contribution in [0.1, 0.15) is 5.56 Å². The predicted octanol–water partition coefficient (Wildman–Crippen LogP) is 4.88. The predicted molar refractivity (Wildman–Crippen MR) is 113 cm³/mol. The van der Waals surface area contributed by atoms with Crippen molar-refractivity contribution in [2.45, 2.75) is 6.54 Å². The van der Waals surface area contributed by atoms with Crippen LogP contribution >= 0.6 is 39.7 Å². The summed E-state index contributed by atoms with van der Waals surface area (Å²) in [4.78, 5) is 0. The Morgan fingerprint density at radius 1 is 1.19 bits per heavy atom. The molecule has 0 aliphatic carbocycles. The van der Waals surface area contributed by atoms with Crippen molar-refractivity contribution in [1.82, 2.24) is 9.78 Å². The smallest absolute Gasteiger partial charge is 0.231 e. The van der Waals surface area contributed by atoms with E-state index in [4.69, 9.17) is 33.3 Å². The van der Waals surface area contributed by atoms with Gasteiger partial charge in [0.15, 0.2) is 22.4 Å². The lowest BCUT2D eigenvalue weighted by Crippen LogP contribution is -2.19. The minimum atomic E-state index is 0.233. The fourth-order valence-electron chi connectivity index (χ4n) is 2.61. The average Bonchev–Trinajstić information content (AvgIpc) is 3.23.